The highest BCUT2D eigenvalue weighted by Crippen LogP contribution is 2.28. The fourth-order valence-electron chi connectivity index (χ4n) is 1.55. The van der Waals surface area contributed by atoms with Crippen LogP contribution >= 0.6 is 0 Å². The molecule has 1 atom stereocenters. The van der Waals surface area contributed by atoms with Gasteiger partial charge in [0.05, 0.1) is 0 Å². The molecule has 0 aliphatic carbocycles. The van der Waals surface area contributed by atoms with E-state index in [9.17, 15) is 0 Å². The largest absolute Gasteiger partial charge is 0.317 e. The summed E-state index contributed by atoms with van der Waals surface area (Å²) >= 11 is 0. The third-order valence-electron chi connectivity index (χ3n) is 2.67. The molecule has 1 heteroatoms. The quantitative estimate of drug-likeness (QED) is 0.647. The molecular formula is C11H25N. The van der Waals surface area contributed by atoms with Gasteiger partial charge in [-0.3, -0.25) is 0 Å². The Morgan fingerprint density at radius 1 is 1.25 bits per heavy atom. The van der Waals surface area contributed by atoms with Crippen LogP contribution in [0.2, 0.25) is 0 Å². The van der Waals surface area contributed by atoms with E-state index in [-0.39, 0.29) is 0 Å². The van der Waals surface area contributed by atoms with E-state index < -0.39 is 0 Å². The van der Waals surface area contributed by atoms with Crippen molar-refractivity contribution in [1.29, 1.82) is 0 Å². The molecule has 1 unspecified atom stereocenters. The van der Waals surface area contributed by atoms with Gasteiger partial charge in [-0.15, -0.1) is 0 Å². The fourth-order valence-corrected chi connectivity index (χ4v) is 1.55. The van der Waals surface area contributed by atoms with Crippen LogP contribution in [0.25, 0.3) is 0 Å². The van der Waals surface area contributed by atoms with Crippen molar-refractivity contribution >= 4 is 0 Å². The van der Waals surface area contributed by atoms with Gasteiger partial charge in [0.1, 0.15) is 0 Å². The highest BCUT2D eigenvalue weighted by atomic mass is 14.8. The predicted octanol–water partition coefficient (Wildman–Crippen LogP) is 3.20. The first kappa shape index (κ1) is 12.0. The first-order chi connectivity index (χ1) is 5.52. The molecule has 0 saturated carbocycles. The highest BCUT2D eigenvalue weighted by Gasteiger charge is 2.16. The molecule has 0 bridgehead atoms. The van der Waals surface area contributed by atoms with Gasteiger partial charge in [0.25, 0.3) is 0 Å². The van der Waals surface area contributed by atoms with Crippen LogP contribution in [0.15, 0.2) is 0 Å². The van der Waals surface area contributed by atoms with Crippen LogP contribution in [0, 0.1) is 5.41 Å². The number of hydrogen-bond donors (Lipinski definition) is 1. The average molecular weight is 171 g/mol. The molecule has 0 rings (SSSR count). The lowest BCUT2D eigenvalue weighted by molar-refractivity contribution is 0.282. The smallest absolute Gasteiger partial charge is 0.00359 e. The fraction of sp³-hybridized carbons (Fsp3) is 1.00. The van der Waals surface area contributed by atoms with Gasteiger partial charge in [0, 0.05) is 6.04 Å². The van der Waals surface area contributed by atoms with E-state index in [2.05, 4.69) is 33.0 Å². The summed E-state index contributed by atoms with van der Waals surface area (Å²) in [6.07, 6.45) is 5.29. The number of rotatable bonds is 6. The molecule has 74 valence electrons. The molecule has 0 heterocycles. The van der Waals surface area contributed by atoms with Crippen molar-refractivity contribution in [3.05, 3.63) is 0 Å². The lowest BCUT2D eigenvalue weighted by atomic mass is 9.82. The Hall–Kier alpha value is -0.0400. The minimum absolute atomic E-state index is 0.542. The van der Waals surface area contributed by atoms with Crippen LogP contribution in [-0.2, 0) is 0 Å². The van der Waals surface area contributed by atoms with E-state index in [1.807, 2.05) is 7.05 Å². The molecule has 12 heavy (non-hydrogen) atoms. The van der Waals surface area contributed by atoms with Crippen molar-refractivity contribution in [2.75, 3.05) is 7.05 Å². The first-order valence-corrected chi connectivity index (χ1v) is 5.19. The van der Waals surface area contributed by atoms with Gasteiger partial charge in [-0.05, 0) is 38.6 Å². The zero-order valence-electron chi connectivity index (χ0n) is 9.41. The van der Waals surface area contributed by atoms with Crippen molar-refractivity contribution in [2.45, 2.75) is 59.4 Å². The van der Waals surface area contributed by atoms with Gasteiger partial charge in [-0.25, -0.2) is 0 Å². The van der Waals surface area contributed by atoms with Crippen LogP contribution in [0.1, 0.15) is 53.4 Å². The van der Waals surface area contributed by atoms with Gasteiger partial charge in [-0.1, -0.05) is 27.2 Å². The molecule has 1 nitrogen and oxygen atoms in total. The molecule has 0 saturated heterocycles. The molecule has 0 aromatic rings. The molecule has 0 amide bonds. The number of hydrogen-bond acceptors (Lipinski definition) is 1. The second-order valence-corrected chi connectivity index (χ2v) is 4.64. The first-order valence-electron chi connectivity index (χ1n) is 5.19. The van der Waals surface area contributed by atoms with Gasteiger partial charge in [0.15, 0.2) is 0 Å². The molecule has 0 fully saturated rings. The summed E-state index contributed by atoms with van der Waals surface area (Å²) in [5, 5.41) is 3.28. The second kappa shape index (κ2) is 5.58. The maximum Gasteiger partial charge on any atom is 0.00359 e. The van der Waals surface area contributed by atoms with E-state index in [1.165, 1.54) is 25.7 Å². The summed E-state index contributed by atoms with van der Waals surface area (Å²) in [5.74, 6) is 0. The molecule has 0 aliphatic heterocycles. The minimum atomic E-state index is 0.542. The van der Waals surface area contributed by atoms with Crippen LogP contribution in [0.5, 0.6) is 0 Å². The third-order valence-corrected chi connectivity index (χ3v) is 2.67. The van der Waals surface area contributed by atoms with Crippen LogP contribution in [-0.4, -0.2) is 13.1 Å². The topological polar surface area (TPSA) is 12.0 Å². The van der Waals surface area contributed by atoms with E-state index in [4.69, 9.17) is 0 Å². The summed E-state index contributed by atoms with van der Waals surface area (Å²) in [4.78, 5) is 0. The van der Waals surface area contributed by atoms with Crippen molar-refractivity contribution < 1.29 is 0 Å². The monoisotopic (exact) mass is 171 g/mol. The summed E-state index contributed by atoms with van der Waals surface area (Å²) in [5.41, 5.74) is 0.542. The SMILES string of the molecule is CCCC(C)(C)CCC(C)NC. The predicted molar refractivity (Wildman–Crippen MR) is 56.4 cm³/mol. The zero-order chi connectivity index (χ0) is 9.61. The van der Waals surface area contributed by atoms with Crippen molar-refractivity contribution in [3.8, 4) is 0 Å². The molecular weight excluding hydrogens is 146 g/mol. The summed E-state index contributed by atoms with van der Waals surface area (Å²) in [6, 6.07) is 0.668. The third kappa shape index (κ3) is 5.59. The Kier molecular flexibility index (Phi) is 5.56. The molecule has 0 aliphatic rings. The molecule has 0 spiro atoms. The van der Waals surface area contributed by atoms with Crippen LogP contribution in [0.4, 0.5) is 0 Å². The van der Waals surface area contributed by atoms with Gasteiger partial charge < -0.3 is 5.32 Å². The number of nitrogens with one attached hydrogen (secondary N) is 1. The Bertz CT molecular complexity index is 108. The van der Waals surface area contributed by atoms with Crippen LogP contribution in [0.3, 0.4) is 0 Å². The van der Waals surface area contributed by atoms with Crippen LogP contribution < -0.4 is 5.32 Å². The summed E-state index contributed by atoms with van der Waals surface area (Å²) in [7, 11) is 2.04. The van der Waals surface area contributed by atoms with E-state index in [0.29, 0.717) is 11.5 Å². The molecule has 0 radical (unpaired) electrons. The van der Waals surface area contributed by atoms with E-state index >= 15 is 0 Å². The Balaban J connectivity index is 3.59. The Morgan fingerprint density at radius 2 is 1.83 bits per heavy atom. The molecule has 0 aromatic heterocycles. The Labute approximate surface area is 77.9 Å². The van der Waals surface area contributed by atoms with Gasteiger partial charge in [-0.2, -0.15) is 0 Å². The van der Waals surface area contributed by atoms with Crippen molar-refractivity contribution in [1.82, 2.24) is 5.32 Å². The van der Waals surface area contributed by atoms with Gasteiger partial charge >= 0.3 is 0 Å². The maximum absolute atomic E-state index is 3.28. The van der Waals surface area contributed by atoms with E-state index in [1.54, 1.807) is 0 Å². The second-order valence-electron chi connectivity index (χ2n) is 4.64. The summed E-state index contributed by atoms with van der Waals surface area (Å²) in [6.45, 7) is 9.27. The lowest BCUT2D eigenvalue weighted by Crippen LogP contribution is -2.23. The Morgan fingerprint density at radius 3 is 2.25 bits per heavy atom. The van der Waals surface area contributed by atoms with Crippen molar-refractivity contribution in [2.24, 2.45) is 5.41 Å². The normalized spacial score (nSPS) is 14.8. The minimum Gasteiger partial charge on any atom is -0.317 e. The lowest BCUT2D eigenvalue weighted by Gasteiger charge is -2.25. The maximum atomic E-state index is 3.28. The molecule has 0 aromatic carbocycles. The standard InChI is InChI=1S/C11H25N/c1-6-8-11(3,4)9-7-10(2)12-5/h10,12H,6-9H2,1-5H3. The molecule has 1 N–H and O–H groups in total. The zero-order valence-corrected chi connectivity index (χ0v) is 9.41. The average Bonchev–Trinajstić information content (AvgIpc) is 2.00. The van der Waals surface area contributed by atoms with Crippen molar-refractivity contribution in [3.63, 3.8) is 0 Å². The highest BCUT2D eigenvalue weighted by molar-refractivity contribution is 4.70. The van der Waals surface area contributed by atoms with Gasteiger partial charge in [0.2, 0.25) is 0 Å². The summed E-state index contributed by atoms with van der Waals surface area (Å²) < 4.78 is 0. The van der Waals surface area contributed by atoms with E-state index in [0.717, 1.165) is 0 Å².